The molecule has 0 bridgehead atoms. The predicted molar refractivity (Wildman–Crippen MR) is 110 cm³/mol. The number of anilines is 1. The van der Waals surface area contributed by atoms with Gasteiger partial charge in [-0.2, -0.15) is 0 Å². The molecular formula is C23H21N3O. The molecule has 0 aliphatic carbocycles. The second-order valence-electron chi connectivity index (χ2n) is 6.61. The summed E-state index contributed by atoms with van der Waals surface area (Å²) in [4.78, 5) is 17.7. The fraction of sp³-hybridized carbons (Fsp3) is 0.130. The third-order valence-corrected chi connectivity index (χ3v) is 4.74. The fourth-order valence-electron chi connectivity index (χ4n) is 3.22. The second-order valence-corrected chi connectivity index (χ2v) is 6.61. The number of nitrogens with one attached hydrogen (secondary N) is 1. The number of fused-ring (bicyclic) bond motifs is 1. The van der Waals surface area contributed by atoms with Crippen LogP contribution in [0.4, 0.5) is 5.82 Å². The number of hydrogen-bond acceptors (Lipinski definition) is 3. The molecule has 0 aliphatic rings. The highest BCUT2D eigenvalue weighted by atomic mass is 16.1. The first-order chi connectivity index (χ1) is 13.2. The Hall–Kier alpha value is -3.40. The smallest absolute Gasteiger partial charge is 0.294 e. The van der Waals surface area contributed by atoms with Crippen LogP contribution in [-0.2, 0) is 13.1 Å². The van der Waals surface area contributed by atoms with Crippen LogP contribution < -0.4 is 10.9 Å². The Morgan fingerprint density at radius 3 is 2.41 bits per heavy atom. The van der Waals surface area contributed by atoms with Gasteiger partial charge in [-0.3, -0.25) is 9.36 Å². The summed E-state index contributed by atoms with van der Waals surface area (Å²) in [5.74, 6) is 0.382. The molecule has 134 valence electrons. The zero-order valence-electron chi connectivity index (χ0n) is 15.2. The van der Waals surface area contributed by atoms with Crippen LogP contribution >= 0.6 is 0 Å². The zero-order chi connectivity index (χ0) is 18.6. The van der Waals surface area contributed by atoms with Crippen molar-refractivity contribution in [3.05, 3.63) is 106 Å². The molecule has 1 heterocycles. The van der Waals surface area contributed by atoms with E-state index in [9.17, 15) is 4.79 Å². The van der Waals surface area contributed by atoms with Gasteiger partial charge in [-0.05, 0) is 35.7 Å². The first kappa shape index (κ1) is 17.0. The van der Waals surface area contributed by atoms with Crippen LogP contribution in [0.25, 0.3) is 11.0 Å². The average molecular weight is 355 g/mol. The van der Waals surface area contributed by atoms with Crippen LogP contribution in [0.1, 0.15) is 16.7 Å². The quantitative estimate of drug-likeness (QED) is 0.578. The number of para-hydroxylation sites is 2. The van der Waals surface area contributed by atoms with E-state index < -0.39 is 0 Å². The first-order valence-electron chi connectivity index (χ1n) is 9.04. The van der Waals surface area contributed by atoms with Gasteiger partial charge >= 0.3 is 0 Å². The molecule has 0 amide bonds. The minimum absolute atomic E-state index is 0.105. The maximum Gasteiger partial charge on any atom is 0.294 e. The molecular weight excluding hydrogens is 334 g/mol. The molecule has 4 aromatic rings. The van der Waals surface area contributed by atoms with E-state index in [-0.39, 0.29) is 5.56 Å². The number of hydrogen-bond donors (Lipinski definition) is 1. The third kappa shape index (κ3) is 3.60. The van der Waals surface area contributed by atoms with Crippen molar-refractivity contribution in [1.82, 2.24) is 9.55 Å². The number of nitrogens with zero attached hydrogens (tertiary/aromatic N) is 2. The van der Waals surface area contributed by atoms with Gasteiger partial charge < -0.3 is 5.32 Å². The minimum Gasteiger partial charge on any atom is -0.361 e. The van der Waals surface area contributed by atoms with Gasteiger partial charge in [0.2, 0.25) is 0 Å². The zero-order valence-corrected chi connectivity index (χ0v) is 15.2. The number of rotatable bonds is 5. The molecule has 0 atom stereocenters. The highest BCUT2D eigenvalue weighted by molar-refractivity contribution is 5.76. The van der Waals surface area contributed by atoms with Gasteiger partial charge in [-0.1, -0.05) is 66.7 Å². The van der Waals surface area contributed by atoms with E-state index in [1.54, 1.807) is 4.57 Å². The van der Waals surface area contributed by atoms with Gasteiger partial charge in [0.05, 0.1) is 17.6 Å². The van der Waals surface area contributed by atoms with E-state index in [1.165, 1.54) is 5.56 Å². The summed E-state index contributed by atoms with van der Waals surface area (Å²) in [6.07, 6.45) is 0. The van der Waals surface area contributed by atoms with Crippen molar-refractivity contribution in [2.75, 3.05) is 5.32 Å². The molecule has 0 saturated carbocycles. The summed E-state index contributed by atoms with van der Waals surface area (Å²) < 4.78 is 1.79. The van der Waals surface area contributed by atoms with Crippen LogP contribution in [0.5, 0.6) is 0 Å². The molecule has 27 heavy (non-hydrogen) atoms. The van der Waals surface area contributed by atoms with E-state index in [0.717, 1.165) is 22.2 Å². The van der Waals surface area contributed by atoms with Crippen molar-refractivity contribution in [1.29, 1.82) is 0 Å². The van der Waals surface area contributed by atoms with Crippen molar-refractivity contribution < 1.29 is 0 Å². The molecule has 0 aliphatic heterocycles. The normalized spacial score (nSPS) is 10.9. The molecule has 1 aromatic heterocycles. The number of benzene rings is 3. The van der Waals surface area contributed by atoms with Crippen molar-refractivity contribution in [3.8, 4) is 0 Å². The lowest BCUT2D eigenvalue weighted by atomic mass is 10.1. The molecule has 4 rings (SSSR count). The lowest BCUT2D eigenvalue weighted by Gasteiger charge is -2.14. The third-order valence-electron chi connectivity index (χ3n) is 4.74. The maximum atomic E-state index is 13.1. The highest BCUT2D eigenvalue weighted by Gasteiger charge is 2.11. The van der Waals surface area contributed by atoms with Gasteiger partial charge in [-0.25, -0.2) is 4.98 Å². The minimum atomic E-state index is -0.105. The van der Waals surface area contributed by atoms with Gasteiger partial charge in [0.1, 0.15) is 0 Å². The van der Waals surface area contributed by atoms with Gasteiger partial charge in [-0.15, -0.1) is 0 Å². The highest BCUT2D eigenvalue weighted by Crippen LogP contribution is 2.15. The SMILES string of the molecule is Cc1ccccc1CNc1nc2ccccc2n(Cc2ccccc2)c1=O. The monoisotopic (exact) mass is 355 g/mol. The Balaban J connectivity index is 1.74. The Morgan fingerprint density at radius 1 is 0.889 bits per heavy atom. The summed E-state index contributed by atoms with van der Waals surface area (Å²) in [7, 11) is 0. The molecule has 0 spiro atoms. The Bertz CT molecular complexity index is 1130. The summed E-state index contributed by atoms with van der Waals surface area (Å²) in [5.41, 5.74) is 4.97. The van der Waals surface area contributed by atoms with Gasteiger partial charge in [0.15, 0.2) is 5.82 Å². The van der Waals surface area contributed by atoms with Crippen molar-refractivity contribution in [2.45, 2.75) is 20.0 Å². The fourth-order valence-corrected chi connectivity index (χ4v) is 3.22. The van der Waals surface area contributed by atoms with Crippen LogP contribution in [-0.4, -0.2) is 9.55 Å². The number of aryl methyl sites for hydroxylation is 1. The molecule has 0 radical (unpaired) electrons. The molecule has 4 heteroatoms. The summed E-state index contributed by atoms with van der Waals surface area (Å²) in [6, 6.07) is 25.9. The van der Waals surface area contributed by atoms with Crippen LogP contribution in [0.15, 0.2) is 83.7 Å². The number of aromatic nitrogens is 2. The van der Waals surface area contributed by atoms with Crippen molar-refractivity contribution >= 4 is 16.9 Å². The first-order valence-corrected chi connectivity index (χ1v) is 9.04. The Labute approximate surface area is 158 Å². The lowest BCUT2D eigenvalue weighted by Crippen LogP contribution is -2.26. The van der Waals surface area contributed by atoms with E-state index in [0.29, 0.717) is 18.9 Å². The maximum absolute atomic E-state index is 13.1. The predicted octanol–water partition coefficient (Wildman–Crippen LogP) is 4.37. The second kappa shape index (κ2) is 7.46. The Kier molecular flexibility index (Phi) is 4.71. The molecule has 0 fully saturated rings. The topological polar surface area (TPSA) is 46.9 Å². The average Bonchev–Trinajstić information content (AvgIpc) is 2.71. The molecule has 0 saturated heterocycles. The molecule has 1 N–H and O–H groups in total. The van der Waals surface area contributed by atoms with Gasteiger partial charge in [0.25, 0.3) is 5.56 Å². The van der Waals surface area contributed by atoms with E-state index in [2.05, 4.69) is 29.4 Å². The van der Waals surface area contributed by atoms with Crippen molar-refractivity contribution in [2.24, 2.45) is 0 Å². The van der Waals surface area contributed by atoms with Crippen LogP contribution in [0.2, 0.25) is 0 Å². The standard InChI is InChI=1S/C23H21N3O/c1-17-9-5-6-12-19(17)15-24-22-23(27)26(16-18-10-3-2-4-11-18)21-14-8-7-13-20(21)25-22/h2-14H,15-16H2,1H3,(H,24,25). The summed E-state index contributed by atoms with van der Waals surface area (Å²) in [6.45, 7) is 3.15. The van der Waals surface area contributed by atoms with E-state index in [1.807, 2.05) is 66.7 Å². The molecule has 4 nitrogen and oxygen atoms in total. The molecule has 0 unspecified atom stereocenters. The van der Waals surface area contributed by atoms with Crippen LogP contribution in [0, 0.1) is 6.92 Å². The van der Waals surface area contributed by atoms with Crippen molar-refractivity contribution in [3.63, 3.8) is 0 Å². The lowest BCUT2D eigenvalue weighted by molar-refractivity contribution is 0.787. The van der Waals surface area contributed by atoms with Crippen LogP contribution in [0.3, 0.4) is 0 Å². The summed E-state index contributed by atoms with van der Waals surface area (Å²) in [5, 5.41) is 3.24. The largest absolute Gasteiger partial charge is 0.361 e. The van der Waals surface area contributed by atoms with Gasteiger partial charge in [0, 0.05) is 6.54 Å². The molecule has 3 aromatic carbocycles. The van der Waals surface area contributed by atoms with E-state index in [4.69, 9.17) is 0 Å². The summed E-state index contributed by atoms with van der Waals surface area (Å²) >= 11 is 0. The Morgan fingerprint density at radius 2 is 1.59 bits per heavy atom. The van der Waals surface area contributed by atoms with E-state index >= 15 is 0 Å².